The van der Waals surface area contributed by atoms with Gasteiger partial charge in [0, 0.05) is 49.5 Å². The van der Waals surface area contributed by atoms with E-state index in [-0.39, 0.29) is 11.3 Å². The molecule has 5 nitrogen and oxygen atoms in total. The van der Waals surface area contributed by atoms with Gasteiger partial charge in [0.15, 0.2) is 0 Å². The summed E-state index contributed by atoms with van der Waals surface area (Å²) in [6.07, 6.45) is 3.80. The van der Waals surface area contributed by atoms with E-state index < -0.39 is 0 Å². The molecule has 0 atom stereocenters. The molecule has 1 fully saturated rings. The second kappa shape index (κ2) is 8.21. The first-order valence-electron chi connectivity index (χ1n) is 10.1. The van der Waals surface area contributed by atoms with Crippen molar-refractivity contribution in [2.75, 3.05) is 19.8 Å². The molecule has 2 aromatic carbocycles. The smallest absolute Gasteiger partial charge is 0.251 e. The van der Waals surface area contributed by atoms with Crippen LogP contribution in [0.4, 0.5) is 0 Å². The lowest BCUT2D eigenvalue weighted by molar-refractivity contribution is 0.0487. The summed E-state index contributed by atoms with van der Waals surface area (Å²) < 4.78 is 7.39. The lowest BCUT2D eigenvalue weighted by Crippen LogP contribution is -2.44. The molecular weight excluding hydrogens is 362 g/mol. The number of rotatable bonds is 5. The Kier molecular flexibility index (Phi) is 5.49. The molecule has 0 bridgehead atoms. The molecule has 1 N–H and O–H groups in total. The topological polar surface area (TPSA) is 56.2 Å². The van der Waals surface area contributed by atoms with Gasteiger partial charge in [-0.2, -0.15) is 5.10 Å². The fourth-order valence-corrected chi connectivity index (χ4v) is 4.18. The average molecular weight is 389 g/mol. The minimum atomic E-state index is -0.0767. The summed E-state index contributed by atoms with van der Waals surface area (Å²) in [5.74, 6) is -0.0461. The first-order valence-corrected chi connectivity index (χ1v) is 10.1. The molecule has 1 aromatic heterocycles. The number of carbonyl (C=O) groups is 1. The van der Waals surface area contributed by atoms with E-state index in [2.05, 4.69) is 34.7 Å². The number of aryl methyl sites for hydroxylation is 2. The normalized spacial score (nSPS) is 15.8. The van der Waals surface area contributed by atoms with Gasteiger partial charge < -0.3 is 10.1 Å². The Balaban J connectivity index is 1.53. The molecule has 0 aliphatic carbocycles. The Morgan fingerprint density at radius 1 is 1.14 bits per heavy atom. The summed E-state index contributed by atoms with van der Waals surface area (Å²) in [4.78, 5) is 13.0. The van der Waals surface area contributed by atoms with Gasteiger partial charge in [-0.05, 0) is 43.0 Å². The Morgan fingerprint density at radius 2 is 1.90 bits per heavy atom. The van der Waals surface area contributed by atoms with Gasteiger partial charge in [0.2, 0.25) is 0 Å². The Morgan fingerprint density at radius 3 is 2.59 bits per heavy atom. The molecule has 5 heteroatoms. The molecule has 0 radical (unpaired) electrons. The number of aromatic nitrogens is 2. The monoisotopic (exact) mass is 389 g/mol. The molecule has 0 spiro atoms. The van der Waals surface area contributed by atoms with Crippen LogP contribution >= 0.6 is 0 Å². The number of nitrogens with one attached hydrogen (secondary N) is 1. The third-order valence-electron chi connectivity index (χ3n) is 5.87. The molecule has 29 heavy (non-hydrogen) atoms. The number of benzene rings is 2. The van der Waals surface area contributed by atoms with Crippen molar-refractivity contribution in [3.8, 4) is 11.1 Å². The summed E-state index contributed by atoms with van der Waals surface area (Å²) in [5.41, 5.74) is 4.87. The minimum absolute atomic E-state index is 0.0461. The van der Waals surface area contributed by atoms with Crippen LogP contribution in [0.15, 0.2) is 60.8 Å². The highest BCUT2D eigenvalue weighted by atomic mass is 16.5. The third-order valence-corrected chi connectivity index (χ3v) is 5.87. The van der Waals surface area contributed by atoms with E-state index in [0.717, 1.165) is 42.9 Å². The molecule has 0 unspecified atom stereocenters. The number of carbonyl (C=O) groups excluding carboxylic acids is 1. The summed E-state index contributed by atoms with van der Waals surface area (Å²) in [6, 6.07) is 18.2. The number of ether oxygens (including phenoxy) is 1. The maximum Gasteiger partial charge on any atom is 0.251 e. The van der Waals surface area contributed by atoms with Gasteiger partial charge in [0.25, 0.3) is 5.91 Å². The van der Waals surface area contributed by atoms with Crippen LogP contribution in [-0.4, -0.2) is 35.4 Å². The maximum absolute atomic E-state index is 13.0. The van der Waals surface area contributed by atoms with Crippen molar-refractivity contribution in [3.63, 3.8) is 0 Å². The van der Waals surface area contributed by atoms with Crippen LogP contribution in [0.1, 0.15) is 34.5 Å². The standard InChI is InChI=1S/C24H27N3O2/c1-18-22(16-27(2)26-18)19-7-6-8-20(15-19)23(28)25-17-24(11-13-29-14-12-24)21-9-4-3-5-10-21/h3-10,15-16H,11-14,17H2,1-2H3,(H,25,28). The largest absolute Gasteiger partial charge is 0.381 e. The predicted octanol–water partition coefficient (Wildman–Crippen LogP) is 3.87. The van der Waals surface area contributed by atoms with Crippen LogP contribution in [0.3, 0.4) is 0 Å². The molecule has 0 saturated carbocycles. The number of amides is 1. The van der Waals surface area contributed by atoms with E-state index in [4.69, 9.17) is 4.74 Å². The summed E-state index contributed by atoms with van der Waals surface area (Å²) >= 11 is 0. The summed E-state index contributed by atoms with van der Waals surface area (Å²) in [7, 11) is 1.91. The molecule has 150 valence electrons. The zero-order chi connectivity index (χ0) is 20.3. The van der Waals surface area contributed by atoms with E-state index in [0.29, 0.717) is 12.1 Å². The highest BCUT2D eigenvalue weighted by Gasteiger charge is 2.34. The summed E-state index contributed by atoms with van der Waals surface area (Å²) in [5, 5.41) is 7.60. The zero-order valence-electron chi connectivity index (χ0n) is 17.0. The molecule has 1 aliphatic rings. The Hall–Kier alpha value is -2.92. The van der Waals surface area contributed by atoms with E-state index in [1.165, 1.54) is 5.56 Å². The van der Waals surface area contributed by atoms with E-state index in [1.54, 1.807) is 4.68 Å². The fraction of sp³-hybridized carbons (Fsp3) is 0.333. The first-order chi connectivity index (χ1) is 14.1. The molecule has 1 saturated heterocycles. The van der Waals surface area contributed by atoms with E-state index >= 15 is 0 Å². The van der Waals surface area contributed by atoms with Crippen molar-refractivity contribution in [2.24, 2.45) is 7.05 Å². The fourth-order valence-electron chi connectivity index (χ4n) is 4.18. The molecule has 3 aromatic rings. The van der Waals surface area contributed by atoms with Crippen molar-refractivity contribution >= 4 is 5.91 Å². The van der Waals surface area contributed by atoms with Crippen LogP contribution in [0.2, 0.25) is 0 Å². The van der Waals surface area contributed by atoms with Crippen molar-refractivity contribution in [3.05, 3.63) is 77.6 Å². The average Bonchev–Trinajstić information content (AvgIpc) is 3.11. The van der Waals surface area contributed by atoms with E-state index in [9.17, 15) is 4.79 Å². The second-order valence-electron chi connectivity index (χ2n) is 7.82. The quantitative estimate of drug-likeness (QED) is 0.721. The zero-order valence-corrected chi connectivity index (χ0v) is 17.0. The number of nitrogens with zero attached hydrogens (tertiary/aromatic N) is 2. The first kappa shape index (κ1) is 19.4. The highest BCUT2D eigenvalue weighted by Crippen LogP contribution is 2.34. The lowest BCUT2D eigenvalue weighted by atomic mass is 9.74. The number of hydrogen-bond donors (Lipinski definition) is 1. The number of hydrogen-bond acceptors (Lipinski definition) is 3. The lowest BCUT2D eigenvalue weighted by Gasteiger charge is -2.38. The predicted molar refractivity (Wildman–Crippen MR) is 114 cm³/mol. The van der Waals surface area contributed by atoms with Gasteiger partial charge in [-0.1, -0.05) is 42.5 Å². The minimum Gasteiger partial charge on any atom is -0.381 e. The van der Waals surface area contributed by atoms with Gasteiger partial charge in [-0.15, -0.1) is 0 Å². The maximum atomic E-state index is 13.0. The summed E-state index contributed by atoms with van der Waals surface area (Å²) in [6.45, 7) is 4.03. The Labute approximate surface area is 171 Å². The van der Waals surface area contributed by atoms with Crippen LogP contribution in [-0.2, 0) is 17.2 Å². The van der Waals surface area contributed by atoms with Crippen LogP contribution in [0, 0.1) is 6.92 Å². The van der Waals surface area contributed by atoms with Gasteiger partial charge in [-0.3, -0.25) is 9.48 Å². The van der Waals surface area contributed by atoms with E-state index in [1.807, 2.05) is 50.5 Å². The highest BCUT2D eigenvalue weighted by molar-refractivity contribution is 5.95. The second-order valence-corrected chi connectivity index (χ2v) is 7.82. The molecule has 4 rings (SSSR count). The molecule has 2 heterocycles. The van der Waals surface area contributed by atoms with Crippen molar-refractivity contribution in [2.45, 2.75) is 25.2 Å². The van der Waals surface area contributed by atoms with Gasteiger partial charge in [0.1, 0.15) is 0 Å². The van der Waals surface area contributed by atoms with Gasteiger partial charge >= 0.3 is 0 Å². The SMILES string of the molecule is Cc1nn(C)cc1-c1cccc(C(=O)NCC2(c3ccccc3)CCOCC2)c1. The van der Waals surface area contributed by atoms with Crippen molar-refractivity contribution < 1.29 is 9.53 Å². The van der Waals surface area contributed by atoms with Crippen molar-refractivity contribution in [1.82, 2.24) is 15.1 Å². The Bertz CT molecular complexity index is 988. The van der Waals surface area contributed by atoms with Gasteiger partial charge in [0.05, 0.1) is 5.69 Å². The van der Waals surface area contributed by atoms with Gasteiger partial charge in [-0.25, -0.2) is 0 Å². The van der Waals surface area contributed by atoms with Crippen LogP contribution in [0.5, 0.6) is 0 Å². The third kappa shape index (κ3) is 4.10. The van der Waals surface area contributed by atoms with Crippen LogP contribution < -0.4 is 5.32 Å². The molecule has 1 aliphatic heterocycles. The van der Waals surface area contributed by atoms with Crippen LogP contribution in [0.25, 0.3) is 11.1 Å². The molecule has 1 amide bonds. The molecular formula is C24H27N3O2. The van der Waals surface area contributed by atoms with Crippen molar-refractivity contribution in [1.29, 1.82) is 0 Å².